The second-order valence-electron chi connectivity index (χ2n) is 3.96. The van der Waals surface area contributed by atoms with Crippen molar-refractivity contribution in [2.75, 3.05) is 20.8 Å². The van der Waals surface area contributed by atoms with Gasteiger partial charge in [-0.3, -0.25) is 0 Å². The molecule has 0 saturated heterocycles. The van der Waals surface area contributed by atoms with Gasteiger partial charge in [0, 0.05) is 19.8 Å². The lowest BCUT2D eigenvalue weighted by Gasteiger charge is -2.15. The van der Waals surface area contributed by atoms with E-state index in [0.717, 1.165) is 12.5 Å². The summed E-state index contributed by atoms with van der Waals surface area (Å²) in [6.07, 6.45) is 0.946. The lowest BCUT2D eigenvalue weighted by Crippen LogP contribution is -2.21. The standard InChI is InChI=1S/C11H22O4Si/c1-9(2)11(12)15-8-10(3)6-7-16(13-4)14-5/h10,16H,1,6-8H2,2-5H3. The van der Waals surface area contributed by atoms with Gasteiger partial charge >= 0.3 is 15.3 Å². The van der Waals surface area contributed by atoms with E-state index in [4.69, 9.17) is 13.6 Å². The Balaban J connectivity index is 3.70. The van der Waals surface area contributed by atoms with Crippen LogP contribution >= 0.6 is 0 Å². The molecule has 0 saturated carbocycles. The van der Waals surface area contributed by atoms with Gasteiger partial charge in [0.05, 0.1) is 6.61 Å². The van der Waals surface area contributed by atoms with E-state index in [1.165, 1.54) is 0 Å². The first-order valence-corrected chi connectivity index (χ1v) is 7.15. The summed E-state index contributed by atoms with van der Waals surface area (Å²) in [6, 6.07) is 0.929. The van der Waals surface area contributed by atoms with Gasteiger partial charge in [0.2, 0.25) is 0 Å². The van der Waals surface area contributed by atoms with Crippen LogP contribution in [0.15, 0.2) is 12.2 Å². The normalized spacial score (nSPS) is 12.6. The molecule has 4 nitrogen and oxygen atoms in total. The molecule has 0 aromatic rings. The van der Waals surface area contributed by atoms with Crippen molar-refractivity contribution in [3.63, 3.8) is 0 Å². The van der Waals surface area contributed by atoms with Crippen LogP contribution in [0.3, 0.4) is 0 Å². The second-order valence-corrected chi connectivity index (χ2v) is 6.34. The highest BCUT2D eigenvalue weighted by molar-refractivity contribution is 6.44. The number of hydrogen-bond donors (Lipinski definition) is 0. The molecule has 0 fully saturated rings. The molecule has 0 aliphatic heterocycles. The molecule has 94 valence electrons. The number of carbonyl (C=O) groups is 1. The molecule has 0 aromatic heterocycles. The van der Waals surface area contributed by atoms with Crippen LogP contribution in [0.25, 0.3) is 0 Å². The lowest BCUT2D eigenvalue weighted by atomic mass is 10.1. The largest absolute Gasteiger partial charge is 0.462 e. The highest BCUT2D eigenvalue weighted by atomic mass is 28.3. The Hall–Kier alpha value is -0.653. The van der Waals surface area contributed by atoms with Crippen LogP contribution in [0.2, 0.25) is 6.04 Å². The number of rotatable bonds is 8. The number of carbonyl (C=O) groups excluding carboxylic acids is 1. The van der Waals surface area contributed by atoms with Gasteiger partial charge in [0.15, 0.2) is 0 Å². The first-order valence-electron chi connectivity index (χ1n) is 5.39. The van der Waals surface area contributed by atoms with E-state index in [9.17, 15) is 4.79 Å². The minimum Gasteiger partial charge on any atom is -0.462 e. The van der Waals surface area contributed by atoms with Crippen LogP contribution in [0.5, 0.6) is 0 Å². The number of esters is 1. The zero-order valence-corrected chi connectivity index (χ0v) is 11.8. The Bertz CT molecular complexity index is 226. The molecule has 0 N–H and O–H groups in total. The van der Waals surface area contributed by atoms with Gasteiger partial charge in [0.1, 0.15) is 0 Å². The van der Waals surface area contributed by atoms with Crippen molar-refractivity contribution in [2.24, 2.45) is 5.92 Å². The lowest BCUT2D eigenvalue weighted by molar-refractivity contribution is -0.140. The molecular formula is C11H22O4Si. The molecule has 0 aromatic carbocycles. The van der Waals surface area contributed by atoms with Crippen molar-refractivity contribution in [1.29, 1.82) is 0 Å². The number of hydrogen-bond acceptors (Lipinski definition) is 4. The van der Waals surface area contributed by atoms with E-state index in [0.29, 0.717) is 18.1 Å². The van der Waals surface area contributed by atoms with E-state index < -0.39 is 9.28 Å². The van der Waals surface area contributed by atoms with Crippen LogP contribution < -0.4 is 0 Å². The first-order chi connectivity index (χ1) is 7.51. The summed E-state index contributed by atoms with van der Waals surface area (Å²) < 4.78 is 15.5. The molecule has 0 spiro atoms. The molecule has 0 aliphatic carbocycles. The van der Waals surface area contributed by atoms with E-state index >= 15 is 0 Å². The molecular weight excluding hydrogens is 224 g/mol. The summed E-state index contributed by atoms with van der Waals surface area (Å²) in [5.74, 6) is 0.00253. The summed E-state index contributed by atoms with van der Waals surface area (Å²) >= 11 is 0. The smallest absolute Gasteiger partial charge is 0.333 e. The Morgan fingerprint density at radius 3 is 2.38 bits per heavy atom. The van der Waals surface area contributed by atoms with Gasteiger partial charge in [-0.25, -0.2) is 4.79 Å². The van der Waals surface area contributed by atoms with Crippen molar-refractivity contribution in [3.8, 4) is 0 Å². The van der Waals surface area contributed by atoms with E-state index in [1.54, 1.807) is 21.1 Å². The predicted molar refractivity (Wildman–Crippen MR) is 65.5 cm³/mol. The third-order valence-electron chi connectivity index (χ3n) is 2.27. The second kappa shape index (κ2) is 8.49. The number of ether oxygens (including phenoxy) is 1. The summed E-state index contributed by atoms with van der Waals surface area (Å²) in [5.41, 5.74) is 0.438. The maximum absolute atomic E-state index is 11.1. The molecule has 0 radical (unpaired) electrons. The van der Waals surface area contributed by atoms with Gasteiger partial charge in [-0.05, 0) is 25.3 Å². The molecule has 0 heterocycles. The summed E-state index contributed by atoms with van der Waals surface area (Å²) in [4.78, 5) is 11.1. The Morgan fingerprint density at radius 1 is 1.38 bits per heavy atom. The minimum atomic E-state index is -1.48. The van der Waals surface area contributed by atoms with E-state index in [-0.39, 0.29) is 5.97 Å². The van der Waals surface area contributed by atoms with Crippen LogP contribution in [-0.4, -0.2) is 36.1 Å². The zero-order valence-electron chi connectivity index (χ0n) is 10.6. The van der Waals surface area contributed by atoms with E-state index in [2.05, 4.69) is 6.58 Å². The Kier molecular flexibility index (Phi) is 8.15. The van der Waals surface area contributed by atoms with Gasteiger partial charge < -0.3 is 13.6 Å². The molecule has 1 unspecified atom stereocenters. The summed E-state index contributed by atoms with van der Waals surface area (Å²) in [5, 5.41) is 0. The molecule has 16 heavy (non-hydrogen) atoms. The molecule has 1 atom stereocenters. The fourth-order valence-electron chi connectivity index (χ4n) is 1.18. The van der Waals surface area contributed by atoms with Crippen molar-refractivity contribution >= 4 is 15.3 Å². The van der Waals surface area contributed by atoms with Crippen molar-refractivity contribution in [2.45, 2.75) is 26.3 Å². The van der Waals surface area contributed by atoms with Crippen LogP contribution in [-0.2, 0) is 18.4 Å². The third kappa shape index (κ3) is 6.76. The Labute approximate surface area is 99.4 Å². The van der Waals surface area contributed by atoms with Gasteiger partial charge in [-0.15, -0.1) is 0 Å². The van der Waals surface area contributed by atoms with E-state index in [1.807, 2.05) is 6.92 Å². The molecule has 5 heteroatoms. The average molecular weight is 246 g/mol. The van der Waals surface area contributed by atoms with Gasteiger partial charge in [0.25, 0.3) is 0 Å². The monoisotopic (exact) mass is 246 g/mol. The topological polar surface area (TPSA) is 44.8 Å². The summed E-state index contributed by atoms with van der Waals surface area (Å²) in [7, 11) is 1.87. The first kappa shape index (κ1) is 15.3. The molecule has 0 amide bonds. The quantitative estimate of drug-likeness (QED) is 0.371. The average Bonchev–Trinajstić information content (AvgIpc) is 2.27. The van der Waals surface area contributed by atoms with Crippen molar-refractivity contribution < 1.29 is 18.4 Å². The SMILES string of the molecule is C=C(C)C(=O)OCC(C)CC[SiH](OC)OC. The van der Waals surface area contributed by atoms with Crippen LogP contribution in [0.4, 0.5) is 0 Å². The zero-order chi connectivity index (χ0) is 12.6. The van der Waals surface area contributed by atoms with Crippen molar-refractivity contribution in [1.82, 2.24) is 0 Å². The summed E-state index contributed by atoms with van der Waals surface area (Å²) in [6.45, 7) is 7.65. The minimum absolute atomic E-state index is 0.320. The fraction of sp³-hybridized carbons (Fsp3) is 0.727. The van der Waals surface area contributed by atoms with Crippen molar-refractivity contribution in [3.05, 3.63) is 12.2 Å². The van der Waals surface area contributed by atoms with Gasteiger partial charge in [-0.1, -0.05) is 13.5 Å². The molecule has 0 rings (SSSR count). The highest BCUT2D eigenvalue weighted by Gasteiger charge is 2.13. The maximum Gasteiger partial charge on any atom is 0.333 e. The molecule has 0 bridgehead atoms. The van der Waals surface area contributed by atoms with Crippen LogP contribution in [0, 0.1) is 5.92 Å². The Morgan fingerprint density at radius 2 is 1.94 bits per heavy atom. The van der Waals surface area contributed by atoms with Gasteiger partial charge in [-0.2, -0.15) is 0 Å². The fourth-order valence-corrected chi connectivity index (χ4v) is 2.68. The predicted octanol–water partition coefficient (Wildman–Crippen LogP) is 1.65. The van der Waals surface area contributed by atoms with Crippen LogP contribution in [0.1, 0.15) is 20.3 Å². The maximum atomic E-state index is 11.1. The highest BCUT2D eigenvalue weighted by Crippen LogP contribution is 2.10. The third-order valence-corrected chi connectivity index (χ3v) is 4.12. The molecule has 0 aliphatic rings.